The quantitative estimate of drug-likeness (QED) is 0.922. The third-order valence-electron chi connectivity index (χ3n) is 4.77. The van der Waals surface area contributed by atoms with Crippen molar-refractivity contribution in [2.45, 2.75) is 25.3 Å². The summed E-state index contributed by atoms with van der Waals surface area (Å²) in [7, 11) is 0. The number of piperidine rings is 1. The van der Waals surface area contributed by atoms with E-state index in [2.05, 4.69) is 52.3 Å². The minimum atomic E-state index is 0.403. The van der Waals surface area contributed by atoms with E-state index in [-0.39, 0.29) is 0 Å². The third-order valence-corrected chi connectivity index (χ3v) is 4.77. The largest absolute Gasteiger partial charge is 0.330 e. The van der Waals surface area contributed by atoms with Gasteiger partial charge < -0.3 is 5.73 Å². The molecule has 0 aliphatic carbocycles. The molecule has 1 unspecified atom stereocenters. The van der Waals surface area contributed by atoms with E-state index in [1.54, 1.807) is 0 Å². The normalized spacial score (nSPS) is 18.2. The SMILES string of the molecule is NCC(c1ccccn1)C1CCN(Cc2ccccc2)CC1. The molecule has 3 nitrogen and oxygen atoms in total. The summed E-state index contributed by atoms with van der Waals surface area (Å²) in [4.78, 5) is 7.07. The molecule has 0 radical (unpaired) electrons. The molecule has 2 aromatic rings. The van der Waals surface area contributed by atoms with E-state index in [0.717, 1.165) is 25.3 Å². The Balaban J connectivity index is 1.57. The van der Waals surface area contributed by atoms with Gasteiger partial charge in [0.25, 0.3) is 0 Å². The van der Waals surface area contributed by atoms with E-state index in [9.17, 15) is 0 Å². The summed E-state index contributed by atoms with van der Waals surface area (Å²) in [5, 5.41) is 0. The molecule has 1 fully saturated rings. The smallest absolute Gasteiger partial charge is 0.0449 e. The molecule has 1 atom stereocenters. The molecular formula is C19H25N3. The summed E-state index contributed by atoms with van der Waals surface area (Å²) >= 11 is 0. The summed E-state index contributed by atoms with van der Waals surface area (Å²) in [6.07, 6.45) is 4.30. The molecular weight excluding hydrogens is 270 g/mol. The van der Waals surface area contributed by atoms with Crippen LogP contribution in [0.25, 0.3) is 0 Å². The monoisotopic (exact) mass is 295 g/mol. The molecule has 116 valence electrons. The van der Waals surface area contributed by atoms with Gasteiger partial charge in [-0.2, -0.15) is 0 Å². The van der Waals surface area contributed by atoms with Crippen LogP contribution in [0.1, 0.15) is 30.0 Å². The molecule has 1 aliphatic heterocycles. The van der Waals surface area contributed by atoms with Gasteiger partial charge >= 0.3 is 0 Å². The Morgan fingerprint density at radius 3 is 2.41 bits per heavy atom. The molecule has 1 saturated heterocycles. The van der Waals surface area contributed by atoms with Gasteiger partial charge in [0.05, 0.1) is 0 Å². The number of likely N-dealkylation sites (tertiary alicyclic amines) is 1. The van der Waals surface area contributed by atoms with Crippen molar-refractivity contribution in [1.82, 2.24) is 9.88 Å². The fraction of sp³-hybridized carbons (Fsp3) is 0.421. The molecule has 0 saturated carbocycles. The van der Waals surface area contributed by atoms with Crippen LogP contribution in [0.4, 0.5) is 0 Å². The van der Waals surface area contributed by atoms with Crippen LogP contribution in [0.3, 0.4) is 0 Å². The second-order valence-electron chi connectivity index (χ2n) is 6.20. The van der Waals surface area contributed by atoms with Gasteiger partial charge in [-0.15, -0.1) is 0 Å². The van der Waals surface area contributed by atoms with Crippen LogP contribution in [-0.4, -0.2) is 29.5 Å². The molecule has 1 aromatic heterocycles. The molecule has 22 heavy (non-hydrogen) atoms. The van der Waals surface area contributed by atoms with E-state index in [1.807, 2.05) is 12.3 Å². The van der Waals surface area contributed by atoms with E-state index in [0.29, 0.717) is 18.4 Å². The lowest BCUT2D eigenvalue weighted by molar-refractivity contribution is 0.162. The number of nitrogens with two attached hydrogens (primary N) is 1. The van der Waals surface area contributed by atoms with Crippen molar-refractivity contribution in [2.24, 2.45) is 11.7 Å². The van der Waals surface area contributed by atoms with Gasteiger partial charge in [-0.1, -0.05) is 36.4 Å². The summed E-state index contributed by atoms with van der Waals surface area (Å²) < 4.78 is 0. The van der Waals surface area contributed by atoms with Gasteiger partial charge in [0, 0.05) is 30.9 Å². The van der Waals surface area contributed by atoms with Gasteiger partial charge in [-0.25, -0.2) is 0 Å². The fourth-order valence-electron chi connectivity index (χ4n) is 3.51. The van der Waals surface area contributed by atoms with Crippen LogP contribution in [0, 0.1) is 5.92 Å². The first-order chi connectivity index (χ1) is 10.9. The maximum atomic E-state index is 6.04. The van der Waals surface area contributed by atoms with Crippen molar-refractivity contribution in [1.29, 1.82) is 0 Å². The number of hydrogen-bond acceptors (Lipinski definition) is 3. The highest BCUT2D eigenvalue weighted by Crippen LogP contribution is 2.31. The molecule has 1 aromatic carbocycles. The lowest BCUT2D eigenvalue weighted by Crippen LogP contribution is -2.36. The second-order valence-corrected chi connectivity index (χ2v) is 6.20. The molecule has 2 heterocycles. The van der Waals surface area contributed by atoms with E-state index >= 15 is 0 Å². The van der Waals surface area contributed by atoms with Gasteiger partial charge in [0.15, 0.2) is 0 Å². The third kappa shape index (κ3) is 3.73. The van der Waals surface area contributed by atoms with Crippen LogP contribution < -0.4 is 5.73 Å². The Hall–Kier alpha value is -1.71. The zero-order valence-corrected chi connectivity index (χ0v) is 13.1. The minimum Gasteiger partial charge on any atom is -0.330 e. The number of hydrogen-bond donors (Lipinski definition) is 1. The van der Waals surface area contributed by atoms with Gasteiger partial charge in [-0.05, 0) is 49.5 Å². The van der Waals surface area contributed by atoms with Crippen molar-refractivity contribution in [3.8, 4) is 0 Å². The molecule has 0 spiro atoms. The zero-order valence-electron chi connectivity index (χ0n) is 13.1. The number of aromatic nitrogens is 1. The van der Waals surface area contributed by atoms with Crippen molar-refractivity contribution in [3.05, 3.63) is 66.0 Å². The highest BCUT2D eigenvalue weighted by molar-refractivity contribution is 5.15. The van der Waals surface area contributed by atoms with Gasteiger partial charge in [0.1, 0.15) is 0 Å². The van der Waals surface area contributed by atoms with Crippen LogP contribution in [-0.2, 0) is 6.54 Å². The summed E-state index contributed by atoms with van der Waals surface area (Å²) in [6.45, 7) is 4.07. The lowest BCUT2D eigenvalue weighted by atomic mass is 9.82. The van der Waals surface area contributed by atoms with Crippen molar-refractivity contribution >= 4 is 0 Å². The van der Waals surface area contributed by atoms with Crippen LogP contribution in [0.15, 0.2) is 54.7 Å². The van der Waals surface area contributed by atoms with Crippen molar-refractivity contribution in [3.63, 3.8) is 0 Å². The highest BCUT2D eigenvalue weighted by atomic mass is 15.1. The Labute approximate surface area is 133 Å². The zero-order chi connectivity index (χ0) is 15.2. The van der Waals surface area contributed by atoms with E-state index < -0.39 is 0 Å². The first kappa shape index (κ1) is 15.2. The fourth-order valence-corrected chi connectivity index (χ4v) is 3.51. The summed E-state index contributed by atoms with van der Waals surface area (Å²) in [5.41, 5.74) is 8.60. The molecule has 0 bridgehead atoms. The van der Waals surface area contributed by atoms with E-state index in [1.165, 1.54) is 18.4 Å². The number of nitrogens with zero attached hydrogens (tertiary/aromatic N) is 2. The Morgan fingerprint density at radius 2 is 1.77 bits per heavy atom. The predicted octanol–water partition coefficient (Wildman–Crippen LogP) is 3.04. The average Bonchev–Trinajstić information content (AvgIpc) is 2.59. The van der Waals surface area contributed by atoms with E-state index in [4.69, 9.17) is 5.73 Å². The molecule has 2 N–H and O–H groups in total. The summed E-state index contributed by atoms with van der Waals surface area (Å²) in [5.74, 6) is 1.06. The maximum Gasteiger partial charge on any atom is 0.0449 e. The van der Waals surface area contributed by atoms with Crippen LogP contribution >= 0.6 is 0 Å². The Morgan fingerprint density at radius 1 is 1.05 bits per heavy atom. The average molecular weight is 295 g/mol. The number of pyridine rings is 1. The summed E-state index contributed by atoms with van der Waals surface area (Å²) in [6, 6.07) is 16.9. The first-order valence-corrected chi connectivity index (χ1v) is 8.24. The standard InChI is InChI=1S/C19H25N3/c20-14-18(19-8-4-5-11-21-19)17-9-12-22(13-10-17)15-16-6-2-1-3-7-16/h1-8,11,17-18H,9-10,12-15,20H2. The molecule has 3 rings (SSSR count). The van der Waals surface area contributed by atoms with Crippen LogP contribution in [0.5, 0.6) is 0 Å². The minimum absolute atomic E-state index is 0.403. The van der Waals surface area contributed by atoms with Crippen molar-refractivity contribution < 1.29 is 0 Å². The second kappa shape index (κ2) is 7.52. The maximum absolute atomic E-state index is 6.04. The van der Waals surface area contributed by atoms with Gasteiger partial charge in [-0.3, -0.25) is 9.88 Å². The molecule has 3 heteroatoms. The van der Waals surface area contributed by atoms with Crippen molar-refractivity contribution in [2.75, 3.05) is 19.6 Å². The Kier molecular flexibility index (Phi) is 5.20. The molecule has 1 aliphatic rings. The lowest BCUT2D eigenvalue weighted by Gasteiger charge is -2.35. The predicted molar refractivity (Wildman–Crippen MR) is 90.5 cm³/mol. The van der Waals surface area contributed by atoms with Crippen LogP contribution in [0.2, 0.25) is 0 Å². The Bertz CT molecular complexity index is 547. The highest BCUT2D eigenvalue weighted by Gasteiger charge is 2.27. The van der Waals surface area contributed by atoms with Gasteiger partial charge in [0.2, 0.25) is 0 Å². The first-order valence-electron chi connectivity index (χ1n) is 8.24. The number of benzene rings is 1. The molecule has 0 amide bonds. The number of rotatable bonds is 5. The topological polar surface area (TPSA) is 42.1 Å².